The maximum atomic E-state index is 8.77. The highest BCUT2D eigenvalue weighted by molar-refractivity contribution is 6.13. The molecule has 0 fully saturated rings. The quantitative estimate of drug-likeness (QED) is 0.187. The summed E-state index contributed by atoms with van der Waals surface area (Å²) in [5.41, 5.74) is 7.53. The van der Waals surface area contributed by atoms with E-state index < -0.39 is 6.04 Å². The van der Waals surface area contributed by atoms with Crippen LogP contribution in [0.4, 0.5) is 0 Å². The molecule has 0 aliphatic carbocycles. The number of benzene rings is 7. The van der Waals surface area contributed by atoms with Crippen molar-refractivity contribution in [2.75, 3.05) is 0 Å². The first-order chi connectivity index (χ1) is 26.9. The third-order valence-electron chi connectivity index (χ3n) is 9.15. The summed E-state index contributed by atoms with van der Waals surface area (Å²) in [5, 5.41) is 3.53. The Bertz CT molecular complexity index is 3130. The van der Waals surface area contributed by atoms with Crippen LogP contribution in [0.15, 0.2) is 174 Å². The molecule has 10 rings (SSSR count). The molecular weight excluding hydrogens is 613 g/mol. The second kappa shape index (κ2) is 11.4. The standard InChI is InChI=1S/C45H28N4O/c1-4-13-29(14-5-1)31-24-26-40-37(27-31)42-35(20-12-22-41(42)50-40)45-47-43(30-15-6-2-7-16-30)46-44(48-45)32-23-25-39-36(28-32)34-19-10-11-21-38(34)49(39)33-17-8-3-9-18-33/h1-28H/i3D,8D,9D,17D,18D. The highest BCUT2D eigenvalue weighted by Gasteiger charge is 2.19. The van der Waals surface area contributed by atoms with E-state index >= 15 is 0 Å². The average Bonchev–Trinajstić information content (AvgIpc) is 3.78. The molecule has 0 unspecified atom stereocenters. The number of furan rings is 1. The third kappa shape index (κ3) is 4.60. The van der Waals surface area contributed by atoms with Crippen LogP contribution in [0.1, 0.15) is 6.85 Å². The Morgan fingerprint density at radius 3 is 1.94 bits per heavy atom. The van der Waals surface area contributed by atoms with Crippen LogP contribution < -0.4 is 0 Å². The fourth-order valence-electron chi connectivity index (χ4n) is 6.87. The largest absolute Gasteiger partial charge is 0.456 e. The van der Waals surface area contributed by atoms with Gasteiger partial charge < -0.3 is 8.98 Å². The molecule has 234 valence electrons. The summed E-state index contributed by atoms with van der Waals surface area (Å²) in [6.45, 7) is 0. The monoisotopic (exact) mass is 645 g/mol. The predicted octanol–water partition coefficient (Wildman–Crippen LogP) is 11.5. The average molecular weight is 646 g/mol. The van der Waals surface area contributed by atoms with Crippen LogP contribution in [0.5, 0.6) is 0 Å². The highest BCUT2D eigenvalue weighted by Crippen LogP contribution is 2.39. The molecule has 5 heteroatoms. The summed E-state index contributed by atoms with van der Waals surface area (Å²) in [6.07, 6.45) is 0. The van der Waals surface area contributed by atoms with Crippen LogP contribution in [-0.2, 0) is 0 Å². The smallest absolute Gasteiger partial charge is 0.164 e. The summed E-state index contributed by atoms with van der Waals surface area (Å²) < 4.78 is 50.6. The van der Waals surface area contributed by atoms with Crippen molar-refractivity contribution < 1.29 is 11.3 Å². The molecule has 3 aromatic heterocycles. The Hall–Kier alpha value is -6.85. The molecule has 3 heterocycles. The molecule has 0 saturated carbocycles. The van der Waals surface area contributed by atoms with Gasteiger partial charge >= 0.3 is 0 Å². The van der Waals surface area contributed by atoms with Gasteiger partial charge in [-0.05, 0) is 65.7 Å². The van der Waals surface area contributed by atoms with E-state index in [1.165, 1.54) is 0 Å². The zero-order chi connectivity index (χ0) is 37.4. The lowest BCUT2D eigenvalue weighted by molar-refractivity contribution is 0.669. The van der Waals surface area contributed by atoms with Gasteiger partial charge in [-0.2, -0.15) is 0 Å². The summed E-state index contributed by atoms with van der Waals surface area (Å²) in [7, 11) is 0. The van der Waals surface area contributed by atoms with Gasteiger partial charge in [-0.3, -0.25) is 0 Å². The Kier molecular flexibility index (Phi) is 5.35. The molecule has 10 aromatic rings. The molecule has 0 bridgehead atoms. The maximum Gasteiger partial charge on any atom is 0.164 e. The van der Waals surface area contributed by atoms with Gasteiger partial charge in [-0.25, -0.2) is 15.0 Å². The number of para-hydroxylation sites is 2. The van der Waals surface area contributed by atoms with Gasteiger partial charge in [0, 0.05) is 43.9 Å². The summed E-state index contributed by atoms with van der Waals surface area (Å²) >= 11 is 0. The Labute approximate surface area is 294 Å². The SMILES string of the molecule is [2H]c1c([2H])c([2H])c(-n2c3ccccc3c3cc(-c4nc(-c5ccccc5)nc(-c5cccc6oc7ccc(-c8ccccc8)cc7c56)n4)ccc32)c([2H])c1[2H]. The molecule has 0 atom stereocenters. The van der Waals surface area contributed by atoms with E-state index in [1.807, 2.05) is 115 Å². The zero-order valence-electron chi connectivity index (χ0n) is 31.5. The number of fused-ring (bicyclic) bond motifs is 6. The van der Waals surface area contributed by atoms with E-state index in [4.69, 9.17) is 26.2 Å². The number of hydrogen-bond donors (Lipinski definition) is 0. The first-order valence-corrected chi connectivity index (χ1v) is 16.3. The van der Waals surface area contributed by atoms with Gasteiger partial charge in [0.2, 0.25) is 0 Å². The fraction of sp³-hybridized carbons (Fsp3) is 0. The second-order valence-corrected chi connectivity index (χ2v) is 12.1. The Morgan fingerprint density at radius 2 is 1.12 bits per heavy atom. The van der Waals surface area contributed by atoms with Crippen LogP contribution in [0.3, 0.4) is 0 Å². The summed E-state index contributed by atoms with van der Waals surface area (Å²) in [5.74, 6) is 1.46. The maximum absolute atomic E-state index is 8.77. The molecule has 0 spiro atoms. The van der Waals surface area contributed by atoms with Crippen LogP contribution in [0.2, 0.25) is 0 Å². The minimum atomic E-state index is -0.433. The topological polar surface area (TPSA) is 56.7 Å². The van der Waals surface area contributed by atoms with Crippen molar-refractivity contribution in [3.05, 3.63) is 170 Å². The van der Waals surface area contributed by atoms with Crippen LogP contribution >= 0.6 is 0 Å². The molecule has 7 aromatic carbocycles. The summed E-state index contributed by atoms with van der Waals surface area (Å²) in [6, 6.07) is 43.9. The van der Waals surface area contributed by atoms with Crippen molar-refractivity contribution in [1.82, 2.24) is 19.5 Å². The van der Waals surface area contributed by atoms with Crippen molar-refractivity contribution >= 4 is 43.7 Å². The molecule has 0 aliphatic rings. The van der Waals surface area contributed by atoms with E-state index in [-0.39, 0.29) is 29.9 Å². The van der Waals surface area contributed by atoms with Gasteiger partial charge in [0.05, 0.1) is 17.9 Å². The summed E-state index contributed by atoms with van der Waals surface area (Å²) in [4.78, 5) is 15.2. The van der Waals surface area contributed by atoms with E-state index in [9.17, 15) is 0 Å². The molecule has 0 radical (unpaired) electrons. The Balaban J connectivity index is 1.21. The van der Waals surface area contributed by atoms with Gasteiger partial charge in [0.15, 0.2) is 17.5 Å². The lowest BCUT2D eigenvalue weighted by Gasteiger charge is -2.10. The van der Waals surface area contributed by atoms with Crippen molar-refractivity contribution in [2.24, 2.45) is 0 Å². The number of hydrogen-bond acceptors (Lipinski definition) is 4. The van der Waals surface area contributed by atoms with Crippen LogP contribution in [-0.4, -0.2) is 19.5 Å². The minimum Gasteiger partial charge on any atom is -0.456 e. The van der Waals surface area contributed by atoms with Crippen molar-refractivity contribution in [3.8, 4) is 51.0 Å². The van der Waals surface area contributed by atoms with Gasteiger partial charge in [0.1, 0.15) is 11.2 Å². The van der Waals surface area contributed by atoms with Gasteiger partial charge in [-0.1, -0.05) is 115 Å². The molecule has 5 nitrogen and oxygen atoms in total. The number of nitrogens with zero attached hydrogens (tertiary/aromatic N) is 4. The number of aromatic nitrogens is 4. The lowest BCUT2D eigenvalue weighted by atomic mass is 10.0. The van der Waals surface area contributed by atoms with E-state index in [0.29, 0.717) is 28.5 Å². The van der Waals surface area contributed by atoms with Crippen molar-refractivity contribution in [2.45, 2.75) is 0 Å². The predicted molar refractivity (Wildman–Crippen MR) is 203 cm³/mol. The van der Waals surface area contributed by atoms with Gasteiger partial charge in [0.25, 0.3) is 0 Å². The molecule has 0 amide bonds. The Morgan fingerprint density at radius 1 is 0.460 bits per heavy atom. The molecular formula is C45H28N4O. The van der Waals surface area contributed by atoms with Crippen LogP contribution in [0.25, 0.3) is 94.7 Å². The number of rotatable bonds is 5. The van der Waals surface area contributed by atoms with Gasteiger partial charge in [-0.15, -0.1) is 0 Å². The zero-order valence-corrected chi connectivity index (χ0v) is 26.5. The lowest BCUT2D eigenvalue weighted by Crippen LogP contribution is -2.00. The van der Waals surface area contributed by atoms with Crippen molar-refractivity contribution in [1.29, 1.82) is 0 Å². The van der Waals surface area contributed by atoms with Crippen LogP contribution in [0, 0.1) is 0 Å². The van der Waals surface area contributed by atoms with E-state index in [1.54, 1.807) is 4.57 Å². The molecule has 0 saturated heterocycles. The minimum absolute atomic E-state index is 0.0922. The normalized spacial score (nSPS) is 13.0. The fourth-order valence-corrected chi connectivity index (χ4v) is 6.87. The molecule has 0 N–H and O–H groups in total. The highest BCUT2D eigenvalue weighted by atomic mass is 16.3. The van der Waals surface area contributed by atoms with E-state index in [0.717, 1.165) is 60.5 Å². The first kappa shape index (κ1) is 23.5. The molecule has 0 aliphatic heterocycles. The second-order valence-electron chi connectivity index (χ2n) is 12.1. The third-order valence-corrected chi connectivity index (χ3v) is 9.15. The first-order valence-electron chi connectivity index (χ1n) is 18.8. The molecule has 50 heavy (non-hydrogen) atoms. The van der Waals surface area contributed by atoms with Crippen molar-refractivity contribution in [3.63, 3.8) is 0 Å². The van der Waals surface area contributed by atoms with E-state index in [2.05, 4.69) is 24.3 Å².